The first kappa shape index (κ1) is 20.8. The first-order valence-corrected chi connectivity index (χ1v) is 10.7. The zero-order chi connectivity index (χ0) is 23.3. The molecule has 2 N–H and O–H groups in total. The molecule has 4 aromatic rings. The number of fused-ring (bicyclic) bond motifs is 2. The van der Waals surface area contributed by atoms with Crippen molar-refractivity contribution < 1.29 is 14.7 Å². The number of ketones is 2. The van der Waals surface area contributed by atoms with Crippen LogP contribution in [-0.4, -0.2) is 27.8 Å². The van der Waals surface area contributed by atoms with Gasteiger partial charge in [0.1, 0.15) is 5.78 Å². The molecule has 33 heavy (non-hydrogen) atoms. The number of benzene rings is 3. The summed E-state index contributed by atoms with van der Waals surface area (Å²) in [5.41, 5.74) is 5.29. The fraction of sp³-hybridized carbons (Fsp3) is 0.148. The van der Waals surface area contributed by atoms with E-state index in [0.717, 1.165) is 27.8 Å². The van der Waals surface area contributed by atoms with Gasteiger partial charge in [0.2, 0.25) is 0 Å². The lowest BCUT2D eigenvalue weighted by atomic mass is 9.83. The first-order chi connectivity index (χ1) is 15.9. The third kappa shape index (κ3) is 3.27. The number of nitrogens with zero attached hydrogens (tertiary/aromatic N) is 1. The molecule has 0 radical (unpaired) electrons. The molecule has 1 atom stereocenters. The minimum Gasteiger partial charge on any atom is -0.395 e. The number of hydrogen-bond acceptors (Lipinski definition) is 5. The summed E-state index contributed by atoms with van der Waals surface area (Å²) in [5.74, 6) is -0.749. The molecule has 5 rings (SSSR count). The SMILES string of the molecule is CC(=O)C(CO)c1ccc(Nc2ccc3c4c(cc(=O)n3C)-c3ccccc3C(=O)c24)cc1. The average molecular weight is 438 g/mol. The molecule has 1 heterocycles. The van der Waals surface area contributed by atoms with Gasteiger partial charge in [0.05, 0.1) is 29.3 Å². The fourth-order valence-corrected chi connectivity index (χ4v) is 4.58. The van der Waals surface area contributed by atoms with Crippen molar-refractivity contribution >= 4 is 33.8 Å². The van der Waals surface area contributed by atoms with E-state index < -0.39 is 5.92 Å². The van der Waals surface area contributed by atoms with Crippen molar-refractivity contribution in [1.82, 2.24) is 4.57 Å². The highest BCUT2D eigenvalue weighted by Gasteiger charge is 2.29. The third-order valence-corrected chi connectivity index (χ3v) is 6.37. The van der Waals surface area contributed by atoms with Crippen LogP contribution in [0.25, 0.3) is 22.0 Å². The van der Waals surface area contributed by atoms with E-state index in [0.29, 0.717) is 22.3 Å². The summed E-state index contributed by atoms with van der Waals surface area (Å²) in [5, 5.41) is 13.6. The van der Waals surface area contributed by atoms with Gasteiger partial charge in [0.15, 0.2) is 5.78 Å². The molecule has 1 aliphatic rings. The van der Waals surface area contributed by atoms with E-state index >= 15 is 0 Å². The number of Topliss-reactive ketones (excluding diaryl/α,β-unsaturated/α-hetero) is 1. The summed E-state index contributed by atoms with van der Waals surface area (Å²) in [6.45, 7) is 1.22. The third-order valence-electron chi connectivity index (χ3n) is 6.37. The number of aliphatic hydroxyl groups excluding tert-OH is 1. The number of nitrogens with one attached hydrogen (secondary N) is 1. The lowest BCUT2D eigenvalue weighted by Crippen LogP contribution is -2.21. The van der Waals surface area contributed by atoms with E-state index in [-0.39, 0.29) is 23.7 Å². The van der Waals surface area contributed by atoms with Gasteiger partial charge in [-0.25, -0.2) is 0 Å². The molecule has 0 aliphatic heterocycles. The molecule has 6 heteroatoms. The molecule has 1 aromatic heterocycles. The molecule has 0 saturated heterocycles. The number of hydrogen-bond donors (Lipinski definition) is 2. The zero-order valence-electron chi connectivity index (χ0n) is 18.3. The van der Waals surface area contributed by atoms with E-state index in [4.69, 9.17) is 0 Å². The Morgan fingerprint density at radius 2 is 1.67 bits per heavy atom. The van der Waals surface area contributed by atoms with Crippen molar-refractivity contribution in [3.8, 4) is 11.1 Å². The predicted octanol–water partition coefficient (Wildman–Crippen LogP) is 4.16. The van der Waals surface area contributed by atoms with E-state index in [1.807, 2.05) is 42.5 Å². The van der Waals surface area contributed by atoms with E-state index in [9.17, 15) is 19.5 Å². The second-order valence-electron chi connectivity index (χ2n) is 8.31. The number of pyridine rings is 1. The summed E-state index contributed by atoms with van der Waals surface area (Å²) in [6, 6.07) is 19.8. The first-order valence-electron chi connectivity index (χ1n) is 10.7. The molecule has 0 spiro atoms. The molecule has 0 saturated carbocycles. The van der Waals surface area contributed by atoms with Gasteiger partial charge >= 0.3 is 0 Å². The Hall–Kier alpha value is -4.03. The lowest BCUT2D eigenvalue weighted by Gasteiger charge is -2.23. The highest BCUT2D eigenvalue weighted by molar-refractivity contribution is 6.28. The normalized spacial score (nSPS) is 13.0. The molecule has 0 bridgehead atoms. The van der Waals surface area contributed by atoms with E-state index in [1.165, 1.54) is 6.92 Å². The van der Waals surface area contributed by atoms with Crippen molar-refractivity contribution in [2.24, 2.45) is 7.05 Å². The second-order valence-corrected chi connectivity index (χ2v) is 8.31. The Labute approximate surface area is 190 Å². The Balaban J connectivity index is 1.66. The Morgan fingerprint density at radius 3 is 2.33 bits per heavy atom. The van der Waals surface area contributed by atoms with Crippen molar-refractivity contribution in [3.63, 3.8) is 0 Å². The Bertz CT molecular complexity index is 1500. The van der Waals surface area contributed by atoms with E-state index in [1.54, 1.807) is 35.9 Å². The molecule has 0 fully saturated rings. The van der Waals surface area contributed by atoms with Gasteiger partial charge in [0.25, 0.3) is 5.56 Å². The van der Waals surface area contributed by atoms with Crippen LogP contribution in [0.5, 0.6) is 0 Å². The zero-order valence-corrected chi connectivity index (χ0v) is 18.3. The summed E-state index contributed by atoms with van der Waals surface area (Å²) in [4.78, 5) is 37.9. The summed E-state index contributed by atoms with van der Waals surface area (Å²) >= 11 is 0. The van der Waals surface area contributed by atoms with Crippen molar-refractivity contribution in [2.75, 3.05) is 11.9 Å². The maximum Gasteiger partial charge on any atom is 0.251 e. The standard InChI is InChI=1S/C27H22N2O4/c1-15(31)21(14-30)16-7-9-17(10-8-16)28-22-11-12-23-25-20(13-24(32)29(23)2)18-5-3-4-6-19(18)27(33)26(22)25/h3-13,21,28,30H,14H2,1-2H3. The quantitative estimate of drug-likeness (QED) is 0.430. The van der Waals surface area contributed by atoms with Crippen molar-refractivity contribution in [2.45, 2.75) is 12.8 Å². The molecular weight excluding hydrogens is 416 g/mol. The monoisotopic (exact) mass is 438 g/mol. The van der Waals surface area contributed by atoms with Crippen LogP contribution in [0, 0.1) is 0 Å². The van der Waals surface area contributed by atoms with Crippen LogP contribution in [0.2, 0.25) is 0 Å². The van der Waals surface area contributed by atoms with Crippen LogP contribution in [0.4, 0.5) is 11.4 Å². The van der Waals surface area contributed by atoms with Crippen LogP contribution < -0.4 is 10.9 Å². The molecule has 3 aromatic carbocycles. The number of anilines is 2. The molecule has 6 nitrogen and oxygen atoms in total. The number of aliphatic hydroxyl groups is 1. The van der Waals surface area contributed by atoms with Gasteiger partial charge in [-0.05, 0) is 47.9 Å². The average Bonchev–Trinajstić information content (AvgIpc) is 2.81. The van der Waals surface area contributed by atoms with Gasteiger partial charge in [-0.1, -0.05) is 36.4 Å². The number of carbonyl (C=O) groups excluding carboxylic acids is 2. The number of rotatable bonds is 5. The number of aryl methyl sites for hydroxylation is 1. The van der Waals surface area contributed by atoms with Crippen molar-refractivity contribution in [3.05, 3.63) is 93.8 Å². The van der Waals surface area contributed by atoms with E-state index in [2.05, 4.69) is 5.32 Å². The van der Waals surface area contributed by atoms with Crippen LogP contribution in [-0.2, 0) is 11.8 Å². The van der Waals surface area contributed by atoms with Gasteiger partial charge in [-0.2, -0.15) is 0 Å². The summed E-state index contributed by atoms with van der Waals surface area (Å²) in [6.07, 6.45) is 0. The van der Waals surface area contributed by atoms with Gasteiger partial charge < -0.3 is 15.0 Å². The van der Waals surface area contributed by atoms with Gasteiger partial charge in [-0.3, -0.25) is 14.4 Å². The molecule has 1 unspecified atom stereocenters. The van der Waals surface area contributed by atoms with Crippen LogP contribution >= 0.6 is 0 Å². The minimum atomic E-state index is -0.553. The maximum absolute atomic E-state index is 13.6. The molecule has 164 valence electrons. The van der Waals surface area contributed by atoms with Crippen LogP contribution in [0.1, 0.15) is 34.3 Å². The van der Waals surface area contributed by atoms with Gasteiger partial charge in [-0.15, -0.1) is 0 Å². The number of aromatic nitrogens is 1. The minimum absolute atomic E-state index is 0.0976. The highest BCUT2D eigenvalue weighted by atomic mass is 16.3. The Kier molecular flexibility index (Phi) is 4.95. The second kappa shape index (κ2) is 7.83. The van der Waals surface area contributed by atoms with Crippen LogP contribution in [0.3, 0.4) is 0 Å². The molecule has 0 amide bonds. The summed E-state index contributed by atoms with van der Waals surface area (Å²) < 4.78 is 1.55. The van der Waals surface area contributed by atoms with Crippen molar-refractivity contribution in [1.29, 1.82) is 0 Å². The maximum atomic E-state index is 13.6. The highest BCUT2D eigenvalue weighted by Crippen LogP contribution is 2.42. The summed E-state index contributed by atoms with van der Waals surface area (Å²) in [7, 11) is 1.70. The Morgan fingerprint density at radius 1 is 0.970 bits per heavy atom. The van der Waals surface area contributed by atoms with Crippen LogP contribution in [0.15, 0.2) is 71.5 Å². The topological polar surface area (TPSA) is 88.4 Å². The number of carbonyl (C=O) groups is 2. The largest absolute Gasteiger partial charge is 0.395 e. The lowest BCUT2D eigenvalue weighted by molar-refractivity contribution is -0.119. The smallest absolute Gasteiger partial charge is 0.251 e. The van der Waals surface area contributed by atoms with Gasteiger partial charge in [0, 0.05) is 29.8 Å². The fourth-order valence-electron chi connectivity index (χ4n) is 4.58. The molecule has 1 aliphatic carbocycles. The predicted molar refractivity (Wildman–Crippen MR) is 128 cm³/mol. The molecular formula is C27H22N2O4.